The van der Waals surface area contributed by atoms with Gasteiger partial charge < -0.3 is 10.1 Å². The van der Waals surface area contributed by atoms with Crippen LogP contribution in [0.5, 0.6) is 5.88 Å². The van der Waals surface area contributed by atoms with Crippen molar-refractivity contribution in [2.24, 2.45) is 0 Å². The highest BCUT2D eigenvalue weighted by molar-refractivity contribution is 7.03. The van der Waals surface area contributed by atoms with Gasteiger partial charge in [-0.2, -0.15) is 4.37 Å². The lowest BCUT2D eigenvalue weighted by molar-refractivity contribution is 0.390. The third-order valence-corrected chi connectivity index (χ3v) is 3.43. The Morgan fingerprint density at radius 3 is 3.06 bits per heavy atom. The fourth-order valence-corrected chi connectivity index (χ4v) is 2.52. The van der Waals surface area contributed by atoms with E-state index in [1.165, 1.54) is 17.1 Å². The predicted molar refractivity (Wildman–Crippen MR) is 72.9 cm³/mol. The molecule has 2 aromatic heterocycles. The molecular weight excluding hydrogens is 246 g/mol. The van der Waals surface area contributed by atoms with E-state index < -0.39 is 0 Å². The van der Waals surface area contributed by atoms with Crippen molar-refractivity contribution in [1.82, 2.24) is 14.7 Å². The van der Waals surface area contributed by atoms with Crippen LogP contribution in [0.3, 0.4) is 0 Å². The maximum absolute atomic E-state index is 5.23. The van der Waals surface area contributed by atoms with Gasteiger partial charge >= 0.3 is 0 Å². The van der Waals surface area contributed by atoms with Gasteiger partial charge in [0.05, 0.1) is 7.11 Å². The molecule has 0 spiro atoms. The van der Waals surface area contributed by atoms with Crippen LogP contribution in [0, 0.1) is 6.92 Å². The lowest BCUT2D eigenvalue weighted by atomic mass is 10.1. The molecule has 1 unspecified atom stereocenters. The first-order valence-electron chi connectivity index (χ1n) is 5.84. The van der Waals surface area contributed by atoms with Crippen molar-refractivity contribution < 1.29 is 4.74 Å². The number of aryl methyl sites for hydroxylation is 1. The van der Waals surface area contributed by atoms with Crippen molar-refractivity contribution in [2.75, 3.05) is 7.11 Å². The van der Waals surface area contributed by atoms with E-state index in [9.17, 15) is 0 Å². The van der Waals surface area contributed by atoms with E-state index in [4.69, 9.17) is 4.74 Å². The molecular formula is C13H17N3OS. The van der Waals surface area contributed by atoms with Gasteiger partial charge in [-0.25, -0.2) is 0 Å². The van der Waals surface area contributed by atoms with Gasteiger partial charge in [-0.05, 0) is 43.1 Å². The molecule has 2 rings (SSSR count). The molecule has 0 aliphatic carbocycles. The largest absolute Gasteiger partial charge is 0.480 e. The maximum Gasteiger partial charge on any atom is 0.229 e. The van der Waals surface area contributed by atoms with Gasteiger partial charge in [0, 0.05) is 35.4 Å². The second-order valence-corrected chi connectivity index (χ2v) is 4.82. The first-order valence-corrected chi connectivity index (χ1v) is 6.67. The van der Waals surface area contributed by atoms with Crippen molar-refractivity contribution in [3.8, 4) is 5.88 Å². The summed E-state index contributed by atoms with van der Waals surface area (Å²) in [4.78, 5) is 4.19. The third-order valence-electron chi connectivity index (χ3n) is 2.80. The number of ether oxygens (including phenoxy) is 1. The molecule has 1 atom stereocenters. The number of aromatic nitrogens is 2. The molecule has 4 nitrogen and oxygen atoms in total. The van der Waals surface area contributed by atoms with Crippen LogP contribution in [-0.2, 0) is 6.54 Å². The van der Waals surface area contributed by atoms with E-state index in [0.717, 1.165) is 17.8 Å². The highest BCUT2D eigenvalue weighted by Crippen LogP contribution is 2.25. The van der Waals surface area contributed by atoms with Gasteiger partial charge in [0.2, 0.25) is 5.88 Å². The zero-order chi connectivity index (χ0) is 13.0. The summed E-state index contributed by atoms with van der Waals surface area (Å²) in [6, 6.07) is 4.32. The molecule has 0 fully saturated rings. The quantitative estimate of drug-likeness (QED) is 0.901. The van der Waals surface area contributed by atoms with E-state index >= 15 is 0 Å². The Labute approximate surface area is 111 Å². The van der Waals surface area contributed by atoms with E-state index in [-0.39, 0.29) is 6.04 Å². The molecule has 0 aromatic carbocycles. The van der Waals surface area contributed by atoms with Crippen LogP contribution >= 0.6 is 11.5 Å². The summed E-state index contributed by atoms with van der Waals surface area (Å²) < 4.78 is 9.42. The normalized spacial score (nSPS) is 12.4. The van der Waals surface area contributed by atoms with Crippen LogP contribution in [0.15, 0.2) is 23.7 Å². The number of methoxy groups -OCH3 is 1. The minimum absolute atomic E-state index is 0.215. The molecule has 2 aromatic rings. The summed E-state index contributed by atoms with van der Waals surface area (Å²) in [6.07, 6.45) is 1.84. The second kappa shape index (κ2) is 5.93. The van der Waals surface area contributed by atoms with Crippen molar-refractivity contribution >= 4 is 11.5 Å². The monoisotopic (exact) mass is 263 g/mol. The van der Waals surface area contributed by atoms with Crippen LogP contribution < -0.4 is 10.1 Å². The van der Waals surface area contributed by atoms with Crippen LogP contribution in [0.4, 0.5) is 0 Å². The number of nitrogens with one attached hydrogen (secondary N) is 1. The van der Waals surface area contributed by atoms with Gasteiger partial charge in [-0.3, -0.25) is 4.98 Å². The summed E-state index contributed by atoms with van der Waals surface area (Å²) >= 11 is 1.42. The first-order chi connectivity index (χ1) is 8.70. The standard InChI is InChI=1S/C13H17N3OS/c1-9-6-11(4-5-14-9)7-15-10(2)12-8-18-16-13(12)17-3/h4-6,8,10,15H,7H2,1-3H3. The molecule has 0 radical (unpaired) electrons. The number of nitrogens with zero attached hydrogens (tertiary/aromatic N) is 2. The molecule has 0 aliphatic rings. The Morgan fingerprint density at radius 1 is 1.50 bits per heavy atom. The van der Waals surface area contributed by atoms with Gasteiger partial charge in [0.25, 0.3) is 0 Å². The maximum atomic E-state index is 5.23. The topological polar surface area (TPSA) is 47.0 Å². The van der Waals surface area contributed by atoms with Gasteiger partial charge in [-0.15, -0.1) is 0 Å². The fraction of sp³-hybridized carbons (Fsp3) is 0.385. The van der Waals surface area contributed by atoms with Crippen LogP contribution in [0.2, 0.25) is 0 Å². The lowest BCUT2D eigenvalue weighted by Gasteiger charge is -2.13. The predicted octanol–water partition coefficient (Wildman–Crippen LogP) is 2.71. The molecule has 0 amide bonds. The molecule has 1 N–H and O–H groups in total. The third kappa shape index (κ3) is 3.05. The minimum Gasteiger partial charge on any atom is -0.480 e. The zero-order valence-electron chi connectivity index (χ0n) is 10.8. The summed E-state index contributed by atoms with van der Waals surface area (Å²) in [5.74, 6) is 0.714. The minimum atomic E-state index is 0.215. The van der Waals surface area contributed by atoms with Crippen molar-refractivity contribution in [3.63, 3.8) is 0 Å². The van der Waals surface area contributed by atoms with Crippen LogP contribution in [-0.4, -0.2) is 16.5 Å². The highest BCUT2D eigenvalue weighted by Gasteiger charge is 2.13. The van der Waals surface area contributed by atoms with Gasteiger partial charge in [0.1, 0.15) is 0 Å². The molecule has 0 aliphatic heterocycles. The summed E-state index contributed by atoms with van der Waals surface area (Å²) in [5, 5.41) is 5.48. The molecule has 18 heavy (non-hydrogen) atoms. The van der Waals surface area contributed by atoms with E-state index in [0.29, 0.717) is 5.88 Å². The number of pyridine rings is 1. The SMILES string of the molecule is COc1nscc1C(C)NCc1ccnc(C)c1. The first kappa shape index (κ1) is 13.0. The second-order valence-electron chi connectivity index (χ2n) is 4.19. The molecule has 5 heteroatoms. The van der Waals surface area contributed by atoms with Crippen molar-refractivity contribution in [1.29, 1.82) is 0 Å². The summed E-state index contributed by atoms with van der Waals surface area (Å²) in [5.41, 5.74) is 3.38. The number of hydrogen-bond acceptors (Lipinski definition) is 5. The van der Waals surface area contributed by atoms with E-state index in [1.54, 1.807) is 7.11 Å². The van der Waals surface area contributed by atoms with Crippen LogP contribution in [0.1, 0.15) is 29.8 Å². The number of hydrogen-bond donors (Lipinski definition) is 1. The average Bonchev–Trinajstić information content (AvgIpc) is 2.84. The molecule has 2 heterocycles. The Kier molecular flexibility index (Phi) is 4.28. The smallest absolute Gasteiger partial charge is 0.229 e. The molecule has 0 saturated carbocycles. The van der Waals surface area contributed by atoms with Crippen LogP contribution in [0.25, 0.3) is 0 Å². The van der Waals surface area contributed by atoms with E-state index in [2.05, 4.69) is 27.7 Å². The Bertz CT molecular complexity index is 512. The van der Waals surface area contributed by atoms with Crippen molar-refractivity contribution in [2.45, 2.75) is 26.4 Å². The van der Waals surface area contributed by atoms with Crippen molar-refractivity contribution in [3.05, 3.63) is 40.5 Å². The zero-order valence-corrected chi connectivity index (χ0v) is 11.6. The highest BCUT2D eigenvalue weighted by atomic mass is 32.1. The Morgan fingerprint density at radius 2 is 2.33 bits per heavy atom. The molecule has 96 valence electrons. The van der Waals surface area contributed by atoms with Gasteiger partial charge in [-0.1, -0.05) is 0 Å². The van der Waals surface area contributed by atoms with E-state index in [1.807, 2.05) is 24.6 Å². The molecule has 0 bridgehead atoms. The Hall–Kier alpha value is -1.46. The summed E-state index contributed by atoms with van der Waals surface area (Å²) in [7, 11) is 1.65. The summed E-state index contributed by atoms with van der Waals surface area (Å²) in [6.45, 7) is 4.92. The van der Waals surface area contributed by atoms with Gasteiger partial charge in [0.15, 0.2) is 0 Å². The average molecular weight is 263 g/mol. The number of rotatable bonds is 5. The Balaban J connectivity index is 1.98. The fourth-order valence-electron chi connectivity index (χ4n) is 1.77. The lowest BCUT2D eigenvalue weighted by Crippen LogP contribution is -2.18. The molecule has 0 saturated heterocycles.